The molecule has 3 aromatic carbocycles. The quantitative estimate of drug-likeness (QED) is 0.522. The number of aliphatic carboxylic acids is 1. The first-order chi connectivity index (χ1) is 13.2. The molecule has 144 valence electrons. The molecule has 0 fully saturated rings. The van der Waals surface area contributed by atoms with Crippen molar-refractivity contribution in [1.29, 1.82) is 0 Å². The molecule has 28 heavy (non-hydrogen) atoms. The number of carbonyl (C=O) groups is 1. The predicted octanol–water partition coefficient (Wildman–Crippen LogP) is 6.45. The van der Waals surface area contributed by atoms with Crippen LogP contribution in [0.2, 0.25) is 5.02 Å². The van der Waals surface area contributed by atoms with Crippen LogP contribution in [0.15, 0.2) is 78.9 Å². The number of ether oxygens (including phenoxy) is 1. The highest BCUT2D eigenvalue weighted by Gasteiger charge is 2.50. The van der Waals surface area contributed by atoms with Gasteiger partial charge in [0, 0.05) is 10.4 Å². The van der Waals surface area contributed by atoms with Crippen LogP contribution in [0.25, 0.3) is 0 Å². The van der Waals surface area contributed by atoms with E-state index < -0.39 is 16.8 Å². The summed E-state index contributed by atoms with van der Waals surface area (Å²) in [5.41, 5.74) is -0.310. The molecule has 0 aliphatic carbocycles. The van der Waals surface area contributed by atoms with Crippen LogP contribution in [-0.2, 0) is 15.6 Å². The summed E-state index contributed by atoms with van der Waals surface area (Å²) in [5.74, 6) is 0.404. The average molecular weight is 395 g/mol. The first-order valence-electron chi connectivity index (χ1n) is 9.08. The Morgan fingerprint density at radius 2 is 1.43 bits per heavy atom. The molecule has 1 atom stereocenters. The second kappa shape index (κ2) is 7.69. The average Bonchev–Trinajstić information content (AvgIpc) is 2.68. The molecular weight excluding hydrogens is 372 g/mol. The van der Waals surface area contributed by atoms with Gasteiger partial charge in [-0.2, -0.15) is 0 Å². The van der Waals surface area contributed by atoms with Crippen LogP contribution in [0.5, 0.6) is 11.5 Å². The fourth-order valence-electron chi connectivity index (χ4n) is 3.40. The monoisotopic (exact) mass is 394 g/mol. The van der Waals surface area contributed by atoms with Gasteiger partial charge in [0.1, 0.15) is 11.5 Å². The van der Waals surface area contributed by atoms with Crippen molar-refractivity contribution >= 4 is 17.6 Å². The number of halogens is 1. The molecule has 0 bridgehead atoms. The number of carboxylic acids is 1. The minimum absolute atomic E-state index is 0.600. The van der Waals surface area contributed by atoms with Crippen LogP contribution in [0.1, 0.15) is 31.9 Å². The second-order valence-electron chi connectivity index (χ2n) is 7.50. The Bertz CT molecular complexity index is 965. The lowest BCUT2D eigenvalue weighted by molar-refractivity contribution is -0.145. The fourth-order valence-corrected chi connectivity index (χ4v) is 3.53. The van der Waals surface area contributed by atoms with Gasteiger partial charge >= 0.3 is 5.97 Å². The normalized spacial score (nSPS) is 13.6. The molecular formula is C24H23ClO3. The van der Waals surface area contributed by atoms with Gasteiger partial charge < -0.3 is 9.84 Å². The zero-order valence-corrected chi connectivity index (χ0v) is 16.9. The molecule has 3 nitrogen and oxygen atoms in total. The third kappa shape index (κ3) is 3.63. The van der Waals surface area contributed by atoms with Crippen molar-refractivity contribution in [3.8, 4) is 11.5 Å². The number of carboxylic acid groups (broad SMARTS) is 1. The Morgan fingerprint density at radius 1 is 0.821 bits per heavy atom. The third-order valence-corrected chi connectivity index (χ3v) is 5.89. The largest absolute Gasteiger partial charge is 0.481 e. The molecule has 3 aromatic rings. The molecule has 0 radical (unpaired) electrons. The van der Waals surface area contributed by atoms with Gasteiger partial charge in [-0.3, -0.25) is 4.79 Å². The molecule has 3 rings (SSSR count). The SMILES string of the molecule is CC(C)(c1ccc(Cl)cc1)C(C)(C(=O)O)c1cccc(Oc2ccccc2)c1. The van der Waals surface area contributed by atoms with E-state index in [0.29, 0.717) is 22.1 Å². The maximum Gasteiger partial charge on any atom is 0.314 e. The molecule has 0 spiro atoms. The Morgan fingerprint density at radius 3 is 2.04 bits per heavy atom. The number of para-hydroxylation sites is 1. The van der Waals surface area contributed by atoms with Crippen LogP contribution >= 0.6 is 11.6 Å². The summed E-state index contributed by atoms with van der Waals surface area (Å²) in [6, 6.07) is 24.1. The van der Waals surface area contributed by atoms with E-state index in [1.165, 1.54) is 0 Å². The first-order valence-corrected chi connectivity index (χ1v) is 9.46. The summed E-state index contributed by atoms with van der Waals surface area (Å²) in [6.45, 7) is 5.63. The summed E-state index contributed by atoms with van der Waals surface area (Å²) in [7, 11) is 0. The van der Waals surface area contributed by atoms with Gasteiger partial charge in [-0.1, -0.05) is 67.9 Å². The van der Waals surface area contributed by atoms with E-state index in [1.54, 1.807) is 25.1 Å². The zero-order valence-electron chi connectivity index (χ0n) is 16.1. The molecule has 1 N–H and O–H groups in total. The van der Waals surface area contributed by atoms with Crippen molar-refractivity contribution in [3.05, 3.63) is 95.0 Å². The molecule has 0 saturated carbocycles. The zero-order chi connectivity index (χ0) is 20.4. The molecule has 0 saturated heterocycles. The Hall–Kier alpha value is -2.78. The van der Waals surface area contributed by atoms with Crippen LogP contribution in [0.3, 0.4) is 0 Å². The van der Waals surface area contributed by atoms with Crippen molar-refractivity contribution in [2.75, 3.05) is 0 Å². The van der Waals surface area contributed by atoms with Crippen molar-refractivity contribution in [3.63, 3.8) is 0 Å². The van der Waals surface area contributed by atoms with Crippen LogP contribution in [0, 0.1) is 0 Å². The van der Waals surface area contributed by atoms with E-state index in [0.717, 1.165) is 5.56 Å². The summed E-state index contributed by atoms with van der Waals surface area (Å²) in [5, 5.41) is 10.9. The fraction of sp³-hybridized carbons (Fsp3) is 0.208. The van der Waals surface area contributed by atoms with Crippen molar-refractivity contribution < 1.29 is 14.6 Å². The van der Waals surface area contributed by atoms with Crippen LogP contribution in [0.4, 0.5) is 0 Å². The number of hydrogen-bond acceptors (Lipinski definition) is 2. The number of rotatable bonds is 6. The van der Waals surface area contributed by atoms with E-state index in [-0.39, 0.29) is 0 Å². The highest BCUT2D eigenvalue weighted by atomic mass is 35.5. The highest BCUT2D eigenvalue weighted by molar-refractivity contribution is 6.30. The predicted molar refractivity (Wildman–Crippen MR) is 112 cm³/mol. The van der Waals surface area contributed by atoms with Crippen LogP contribution < -0.4 is 4.74 Å². The Balaban J connectivity index is 2.05. The lowest BCUT2D eigenvalue weighted by Crippen LogP contribution is -2.49. The molecule has 0 aliphatic heterocycles. The molecule has 4 heteroatoms. The Kier molecular flexibility index (Phi) is 5.48. The van der Waals surface area contributed by atoms with E-state index in [4.69, 9.17) is 16.3 Å². The van der Waals surface area contributed by atoms with Gasteiger partial charge in [0.25, 0.3) is 0 Å². The second-order valence-corrected chi connectivity index (χ2v) is 7.94. The van der Waals surface area contributed by atoms with Gasteiger partial charge in [0.2, 0.25) is 0 Å². The highest BCUT2D eigenvalue weighted by Crippen LogP contribution is 2.45. The summed E-state index contributed by atoms with van der Waals surface area (Å²) < 4.78 is 5.92. The van der Waals surface area contributed by atoms with Gasteiger partial charge in [0.15, 0.2) is 0 Å². The van der Waals surface area contributed by atoms with Crippen molar-refractivity contribution in [2.45, 2.75) is 31.6 Å². The number of hydrogen-bond donors (Lipinski definition) is 1. The molecule has 0 aliphatic rings. The van der Waals surface area contributed by atoms with E-state index >= 15 is 0 Å². The first kappa shape index (κ1) is 20.0. The Labute approximate surface area is 170 Å². The van der Waals surface area contributed by atoms with Gasteiger partial charge in [-0.15, -0.1) is 0 Å². The minimum atomic E-state index is -1.18. The van der Waals surface area contributed by atoms with E-state index in [1.807, 2.05) is 74.5 Å². The van der Waals surface area contributed by atoms with Gasteiger partial charge in [-0.05, 0) is 54.4 Å². The molecule has 0 heterocycles. The summed E-state index contributed by atoms with van der Waals surface area (Å²) >= 11 is 6.02. The van der Waals surface area contributed by atoms with E-state index in [9.17, 15) is 9.90 Å². The summed E-state index contributed by atoms with van der Waals surface area (Å²) in [4.78, 5) is 12.5. The lowest BCUT2D eigenvalue weighted by Gasteiger charge is -2.42. The third-order valence-electron chi connectivity index (χ3n) is 5.63. The number of benzene rings is 3. The lowest BCUT2D eigenvalue weighted by atomic mass is 9.60. The topological polar surface area (TPSA) is 46.5 Å². The van der Waals surface area contributed by atoms with Crippen molar-refractivity contribution in [1.82, 2.24) is 0 Å². The summed E-state index contributed by atoms with van der Waals surface area (Å²) in [6.07, 6.45) is 0. The maximum atomic E-state index is 12.5. The van der Waals surface area contributed by atoms with Gasteiger partial charge in [-0.25, -0.2) is 0 Å². The van der Waals surface area contributed by atoms with E-state index in [2.05, 4.69) is 0 Å². The molecule has 1 unspecified atom stereocenters. The molecule has 0 amide bonds. The van der Waals surface area contributed by atoms with Gasteiger partial charge in [0.05, 0.1) is 5.41 Å². The van der Waals surface area contributed by atoms with Crippen molar-refractivity contribution in [2.24, 2.45) is 0 Å². The standard InChI is InChI=1S/C24H23ClO3/c1-23(2,17-12-14-19(25)15-13-17)24(3,22(26)27)18-8-7-11-21(16-18)28-20-9-5-4-6-10-20/h4-16H,1-3H3,(H,26,27). The smallest absolute Gasteiger partial charge is 0.314 e. The molecule has 0 aromatic heterocycles. The minimum Gasteiger partial charge on any atom is -0.481 e. The van der Waals surface area contributed by atoms with Crippen LogP contribution in [-0.4, -0.2) is 11.1 Å². The maximum absolute atomic E-state index is 12.5.